The summed E-state index contributed by atoms with van der Waals surface area (Å²) in [5.74, 6) is 2.54. The first-order valence-electron chi connectivity index (χ1n) is 10.8. The number of hydrogen-bond acceptors (Lipinski definition) is 8. The third-order valence-electron chi connectivity index (χ3n) is 5.85. The summed E-state index contributed by atoms with van der Waals surface area (Å²) in [5, 5.41) is 12.6. The van der Waals surface area contributed by atoms with Crippen molar-refractivity contribution in [1.82, 2.24) is 25.1 Å². The van der Waals surface area contributed by atoms with Crippen molar-refractivity contribution in [3.8, 4) is 11.5 Å². The highest BCUT2D eigenvalue weighted by Gasteiger charge is 2.31. The first kappa shape index (κ1) is 24.8. The van der Waals surface area contributed by atoms with Crippen LogP contribution in [0.4, 0.5) is 5.69 Å². The fourth-order valence-corrected chi connectivity index (χ4v) is 4.17. The van der Waals surface area contributed by atoms with Crippen LogP contribution in [0.3, 0.4) is 0 Å². The molecule has 1 fully saturated rings. The molecule has 0 saturated carbocycles. The molecule has 0 bridgehead atoms. The summed E-state index contributed by atoms with van der Waals surface area (Å²) in [5.41, 5.74) is 2.26. The van der Waals surface area contributed by atoms with Gasteiger partial charge in [0, 0.05) is 33.3 Å². The van der Waals surface area contributed by atoms with E-state index in [9.17, 15) is 0 Å². The lowest BCUT2D eigenvalue weighted by atomic mass is 10.0. The summed E-state index contributed by atoms with van der Waals surface area (Å²) in [7, 11) is 5.07. The molecular formula is C23H31ClN6O3. The smallest absolute Gasteiger partial charge is 0.173 e. The Morgan fingerprint density at radius 1 is 0.909 bits per heavy atom. The molecule has 1 atom stereocenters. The maximum atomic E-state index is 5.57. The minimum Gasteiger partial charge on any atom is -0.497 e. The van der Waals surface area contributed by atoms with Crippen LogP contribution in [-0.2, 0) is 11.3 Å². The van der Waals surface area contributed by atoms with Crippen molar-refractivity contribution in [2.75, 3.05) is 59.0 Å². The van der Waals surface area contributed by atoms with E-state index in [0.29, 0.717) is 13.2 Å². The summed E-state index contributed by atoms with van der Waals surface area (Å²) < 4.78 is 18.0. The van der Waals surface area contributed by atoms with Gasteiger partial charge in [-0.05, 0) is 40.3 Å². The van der Waals surface area contributed by atoms with Gasteiger partial charge in [-0.1, -0.05) is 24.3 Å². The first-order chi connectivity index (χ1) is 15.7. The molecule has 0 radical (unpaired) electrons. The number of halogens is 1. The Labute approximate surface area is 200 Å². The fourth-order valence-electron chi connectivity index (χ4n) is 4.17. The van der Waals surface area contributed by atoms with Crippen LogP contribution >= 0.6 is 12.4 Å². The Balaban J connectivity index is 0.00000306. The molecule has 1 aliphatic heterocycles. The van der Waals surface area contributed by atoms with Crippen molar-refractivity contribution in [1.29, 1.82) is 0 Å². The third kappa shape index (κ3) is 5.55. The van der Waals surface area contributed by atoms with Gasteiger partial charge in [0.05, 0.1) is 39.1 Å². The lowest BCUT2D eigenvalue weighted by Crippen LogP contribution is -2.48. The topological polar surface area (TPSA) is 77.8 Å². The first-order valence-corrected chi connectivity index (χ1v) is 10.8. The van der Waals surface area contributed by atoms with Crippen LogP contribution in [-0.4, -0.2) is 79.2 Å². The van der Waals surface area contributed by atoms with Gasteiger partial charge in [-0.25, -0.2) is 4.68 Å². The Kier molecular flexibility index (Phi) is 8.87. The van der Waals surface area contributed by atoms with E-state index in [2.05, 4.69) is 43.5 Å². The molecular weight excluding hydrogens is 444 g/mol. The summed E-state index contributed by atoms with van der Waals surface area (Å²) in [6.45, 7) is 4.65. The van der Waals surface area contributed by atoms with E-state index in [1.807, 2.05) is 35.0 Å². The Morgan fingerprint density at radius 3 is 2.30 bits per heavy atom. The van der Waals surface area contributed by atoms with Crippen LogP contribution < -0.4 is 14.4 Å². The second-order valence-corrected chi connectivity index (χ2v) is 7.62. The van der Waals surface area contributed by atoms with E-state index in [4.69, 9.17) is 14.2 Å². The van der Waals surface area contributed by atoms with Crippen molar-refractivity contribution in [2.24, 2.45) is 0 Å². The fraction of sp³-hybridized carbons (Fsp3) is 0.435. The highest BCUT2D eigenvalue weighted by atomic mass is 35.5. The van der Waals surface area contributed by atoms with E-state index in [1.54, 1.807) is 21.3 Å². The summed E-state index contributed by atoms with van der Waals surface area (Å²) in [6, 6.07) is 16.2. The number of tetrazole rings is 1. The molecule has 178 valence electrons. The summed E-state index contributed by atoms with van der Waals surface area (Å²) >= 11 is 0. The maximum Gasteiger partial charge on any atom is 0.173 e. The van der Waals surface area contributed by atoms with Gasteiger partial charge in [0.15, 0.2) is 5.82 Å². The van der Waals surface area contributed by atoms with Crippen LogP contribution in [0.2, 0.25) is 0 Å². The Bertz CT molecular complexity index is 992. The van der Waals surface area contributed by atoms with E-state index >= 15 is 0 Å². The van der Waals surface area contributed by atoms with E-state index in [-0.39, 0.29) is 18.4 Å². The summed E-state index contributed by atoms with van der Waals surface area (Å²) in [4.78, 5) is 4.80. The normalized spacial score (nSPS) is 15.1. The Morgan fingerprint density at radius 2 is 1.64 bits per heavy atom. The Hall–Kier alpha value is -2.88. The monoisotopic (exact) mass is 474 g/mol. The second-order valence-electron chi connectivity index (χ2n) is 7.62. The number of para-hydroxylation sites is 2. The van der Waals surface area contributed by atoms with Gasteiger partial charge in [-0.3, -0.25) is 4.90 Å². The van der Waals surface area contributed by atoms with Crippen molar-refractivity contribution < 1.29 is 14.2 Å². The molecule has 0 N–H and O–H groups in total. The van der Waals surface area contributed by atoms with E-state index in [0.717, 1.165) is 54.8 Å². The second kappa shape index (κ2) is 11.8. The average molecular weight is 475 g/mol. The number of anilines is 1. The average Bonchev–Trinajstić information content (AvgIpc) is 3.31. The van der Waals surface area contributed by atoms with Crippen molar-refractivity contribution in [3.05, 3.63) is 59.9 Å². The van der Waals surface area contributed by atoms with Gasteiger partial charge in [-0.2, -0.15) is 0 Å². The zero-order chi connectivity index (χ0) is 22.3. The van der Waals surface area contributed by atoms with Crippen molar-refractivity contribution >= 4 is 18.1 Å². The zero-order valence-corrected chi connectivity index (χ0v) is 20.1. The van der Waals surface area contributed by atoms with Crippen LogP contribution in [0.5, 0.6) is 11.5 Å². The van der Waals surface area contributed by atoms with Crippen LogP contribution in [0.1, 0.15) is 17.4 Å². The lowest BCUT2D eigenvalue weighted by molar-refractivity contribution is 0.171. The predicted octanol–water partition coefficient (Wildman–Crippen LogP) is 2.67. The molecule has 2 heterocycles. The van der Waals surface area contributed by atoms with Gasteiger partial charge in [-0.15, -0.1) is 17.5 Å². The number of nitrogens with zero attached hydrogens (tertiary/aromatic N) is 6. The lowest BCUT2D eigenvalue weighted by Gasteiger charge is -2.40. The van der Waals surface area contributed by atoms with Crippen molar-refractivity contribution in [3.63, 3.8) is 0 Å². The molecule has 0 spiro atoms. The minimum absolute atomic E-state index is 0. The van der Waals surface area contributed by atoms with Gasteiger partial charge >= 0.3 is 0 Å². The van der Waals surface area contributed by atoms with E-state index < -0.39 is 0 Å². The molecule has 4 rings (SSSR count). The number of piperazine rings is 1. The minimum atomic E-state index is -0.0624. The molecule has 3 aromatic rings. The van der Waals surface area contributed by atoms with Crippen LogP contribution in [0, 0.1) is 0 Å². The van der Waals surface area contributed by atoms with Crippen LogP contribution in [0.15, 0.2) is 48.5 Å². The highest BCUT2D eigenvalue weighted by molar-refractivity contribution is 5.85. The molecule has 2 aromatic carbocycles. The predicted molar refractivity (Wildman–Crippen MR) is 129 cm³/mol. The van der Waals surface area contributed by atoms with Gasteiger partial charge in [0.1, 0.15) is 11.5 Å². The number of benzene rings is 2. The number of rotatable bonds is 9. The van der Waals surface area contributed by atoms with Gasteiger partial charge in [0.2, 0.25) is 0 Å². The number of ether oxygens (including phenoxy) is 3. The largest absolute Gasteiger partial charge is 0.497 e. The van der Waals surface area contributed by atoms with E-state index in [1.165, 1.54) is 0 Å². The number of aromatic nitrogens is 4. The molecule has 0 aliphatic carbocycles. The van der Waals surface area contributed by atoms with Gasteiger partial charge in [0.25, 0.3) is 0 Å². The molecule has 1 aliphatic rings. The molecule has 9 nitrogen and oxygen atoms in total. The molecule has 1 aromatic heterocycles. The zero-order valence-electron chi connectivity index (χ0n) is 19.3. The maximum absolute atomic E-state index is 5.57. The molecule has 10 heteroatoms. The van der Waals surface area contributed by atoms with Crippen LogP contribution in [0.25, 0.3) is 0 Å². The SMILES string of the molecule is COCCn1nnnc1C(c1ccc(OC)cc1)N1CCN(c2ccccc2OC)CC1.Cl. The molecule has 0 amide bonds. The van der Waals surface area contributed by atoms with Crippen molar-refractivity contribution in [2.45, 2.75) is 12.6 Å². The highest BCUT2D eigenvalue weighted by Crippen LogP contribution is 2.32. The third-order valence-corrected chi connectivity index (χ3v) is 5.85. The standard InChI is InChI=1S/C23H30N6O3.ClH/c1-30-17-16-29-23(24-25-26-29)22(18-8-10-19(31-2)11-9-18)28-14-12-27(13-15-28)20-6-4-5-7-21(20)32-3;/h4-11,22H,12-17H2,1-3H3;1H. The van der Waals surface area contributed by atoms with Gasteiger partial charge < -0.3 is 19.1 Å². The summed E-state index contributed by atoms with van der Waals surface area (Å²) in [6.07, 6.45) is 0. The quantitative estimate of drug-likeness (QED) is 0.468. The molecule has 1 unspecified atom stereocenters. The molecule has 33 heavy (non-hydrogen) atoms. The molecule has 1 saturated heterocycles. The number of methoxy groups -OCH3 is 3. The number of hydrogen-bond donors (Lipinski definition) is 0.